The van der Waals surface area contributed by atoms with Crippen molar-refractivity contribution in [1.29, 1.82) is 0 Å². The van der Waals surface area contributed by atoms with Gasteiger partial charge in [-0.2, -0.15) is 5.10 Å². The highest BCUT2D eigenvalue weighted by molar-refractivity contribution is 6.12. The topological polar surface area (TPSA) is 67.6 Å². The molecule has 4 aromatic rings. The zero-order valence-electron chi connectivity index (χ0n) is 17.2. The van der Waals surface area contributed by atoms with Gasteiger partial charge in [0, 0.05) is 23.9 Å². The number of fused-ring (bicyclic) bond motifs is 1. The first-order valence-corrected chi connectivity index (χ1v) is 9.98. The molecule has 0 saturated carbocycles. The molecule has 1 amide bonds. The Morgan fingerprint density at radius 2 is 1.65 bits per heavy atom. The fourth-order valence-electron chi connectivity index (χ4n) is 4.26. The number of phenolic OH excluding ortho intramolecular Hbond substituents is 1. The Bertz CT molecular complexity index is 1270. The number of rotatable bonds is 4. The third-order valence-corrected chi connectivity index (χ3v) is 5.64. The average molecular weight is 411 g/mol. The number of aryl methyl sites for hydroxylation is 1. The van der Waals surface area contributed by atoms with Gasteiger partial charge >= 0.3 is 0 Å². The Balaban J connectivity index is 1.78. The first-order valence-electron chi connectivity index (χ1n) is 9.98. The Kier molecular flexibility index (Phi) is 4.47. The van der Waals surface area contributed by atoms with E-state index < -0.39 is 6.04 Å². The van der Waals surface area contributed by atoms with Crippen LogP contribution in [-0.4, -0.2) is 27.9 Å². The second-order valence-corrected chi connectivity index (χ2v) is 7.45. The molecule has 31 heavy (non-hydrogen) atoms. The molecule has 0 spiro atoms. The van der Waals surface area contributed by atoms with Crippen LogP contribution in [0.25, 0.3) is 11.3 Å². The number of carbonyl (C=O) groups is 1. The van der Waals surface area contributed by atoms with Crippen LogP contribution in [0.1, 0.15) is 27.7 Å². The summed E-state index contributed by atoms with van der Waals surface area (Å²) in [5.41, 5.74) is 4.73. The van der Waals surface area contributed by atoms with Crippen molar-refractivity contribution < 1.29 is 14.6 Å². The van der Waals surface area contributed by atoms with Crippen LogP contribution in [0.2, 0.25) is 0 Å². The fraction of sp³-hybridized carbons (Fsp3) is 0.120. The predicted molar refractivity (Wildman–Crippen MR) is 118 cm³/mol. The monoisotopic (exact) mass is 411 g/mol. The summed E-state index contributed by atoms with van der Waals surface area (Å²) in [5.74, 6) is 0.295. The number of amides is 1. The number of hydrogen-bond donors (Lipinski definition) is 1. The average Bonchev–Trinajstić information content (AvgIpc) is 3.30. The van der Waals surface area contributed by atoms with E-state index in [4.69, 9.17) is 9.84 Å². The molecule has 0 saturated heterocycles. The van der Waals surface area contributed by atoms with E-state index in [0.29, 0.717) is 11.4 Å². The highest BCUT2D eigenvalue weighted by Crippen LogP contribution is 2.46. The lowest BCUT2D eigenvalue weighted by Crippen LogP contribution is -2.30. The van der Waals surface area contributed by atoms with E-state index in [1.54, 1.807) is 28.8 Å². The van der Waals surface area contributed by atoms with Gasteiger partial charge in [0.2, 0.25) is 0 Å². The van der Waals surface area contributed by atoms with E-state index in [-0.39, 0.29) is 11.7 Å². The smallest absolute Gasteiger partial charge is 0.277 e. The summed E-state index contributed by atoms with van der Waals surface area (Å²) in [6.45, 7) is 0. The van der Waals surface area contributed by atoms with Gasteiger partial charge in [-0.3, -0.25) is 14.4 Å². The van der Waals surface area contributed by atoms with E-state index in [1.807, 2.05) is 66.7 Å². The summed E-state index contributed by atoms with van der Waals surface area (Å²) < 4.78 is 7.01. The summed E-state index contributed by atoms with van der Waals surface area (Å²) in [6.07, 6.45) is 0. The number of nitrogens with zero attached hydrogens (tertiary/aromatic N) is 3. The highest BCUT2D eigenvalue weighted by Gasteiger charge is 2.44. The minimum Gasteiger partial charge on any atom is -0.504 e. The van der Waals surface area contributed by atoms with Gasteiger partial charge in [-0.25, -0.2) is 0 Å². The third-order valence-electron chi connectivity index (χ3n) is 5.64. The molecule has 6 nitrogen and oxygen atoms in total. The molecule has 154 valence electrons. The van der Waals surface area contributed by atoms with Crippen LogP contribution in [0.4, 0.5) is 5.69 Å². The van der Waals surface area contributed by atoms with Crippen LogP contribution < -0.4 is 9.64 Å². The molecule has 1 unspecified atom stereocenters. The van der Waals surface area contributed by atoms with Crippen LogP contribution in [-0.2, 0) is 7.05 Å². The van der Waals surface area contributed by atoms with Crippen molar-refractivity contribution in [2.45, 2.75) is 6.04 Å². The maximum atomic E-state index is 13.7. The van der Waals surface area contributed by atoms with Crippen molar-refractivity contribution in [1.82, 2.24) is 9.78 Å². The van der Waals surface area contributed by atoms with E-state index in [0.717, 1.165) is 28.1 Å². The van der Waals surface area contributed by atoms with Crippen molar-refractivity contribution in [2.24, 2.45) is 7.05 Å². The lowest BCUT2D eigenvalue weighted by atomic mass is 9.95. The Labute approximate surface area is 179 Å². The number of methoxy groups -OCH3 is 1. The molecule has 0 aliphatic carbocycles. The largest absolute Gasteiger partial charge is 0.504 e. The Hall–Kier alpha value is -4.06. The molecular weight excluding hydrogens is 390 g/mol. The molecule has 1 atom stereocenters. The van der Waals surface area contributed by atoms with Crippen molar-refractivity contribution in [3.63, 3.8) is 0 Å². The molecule has 1 N–H and O–H groups in total. The van der Waals surface area contributed by atoms with Gasteiger partial charge in [-0.15, -0.1) is 0 Å². The van der Waals surface area contributed by atoms with Crippen molar-refractivity contribution in [2.75, 3.05) is 12.0 Å². The highest BCUT2D eigenvalue weighted by atomic mass is 16.5. The Morgan fingerprint density at radius 3 is 2.32 bits per heavy atom. The lowest BCUT2D eigenvalue weighted by molar-refractivity contribution is 0.0985. The van der Waals surface area contributed by atoms with Crippen LogP contribution in [0.5, 0.6) is 11.5 Å². The van der Waals surface area contributed by atoms with Gasteiger partial charge in [0.1, 0.15) is 5.69 Å². The maximum Gasteiger partial charge on any atom is 0.277 e. The summed E-state index contributed by atoms with van der Waals surface area (Å²) >= 11 is 0. The third kappa shape index (κ3) is 2.95. The molecular formula is C25H21N3O3. The van der Waals surface area contributed by atoms with Gasteiger partial charge in [0.05, 0.1) is 18.8 Å². The minimum absolute atomic E-state index is 0.0523. The number of benzene rings is 3. The number of aromatic hydroxyl groups is 1. The van der Waals surface area contributed by atoms with Crippen LogP contribution >= 0.6 is 0 Å². The zero-order chi connectivity index (χ0) is 21.5. The van der Waals surface area contributed by atoms with Crippen molar-refractivity contribution in [3.05, 3.63) is 95.7 Å². The van der Waals surface area contributed by atoms with Crippen molar-refractivity contribution >= 4 is 11.6 Å². The van der Waals surface area contributed by atoms with Crippen LogP contribution in [0.3, 0.4) is 0 Å². The van der Waals surface area contributed by atoms with Gasteiger partial charge in [-0.05, 0) is 29.8 Å². The van der Waals surface area contributed by atoms with Crippen LogP contribution in [0.15, 0.2) is 78.9 Å². The molecule has 1 aliphatic rings. The summed E-state index contributed by atoms with van der Waals surface area (Å²) in [6, 6.07) is 24.2. The summed E-state index contributed by atoms with van der Waals surface area (Å²) in [7, 11) is 3.31. The SMILES string of the molecule is COc1cc(C2c3c(-c4ccccc4)nn(C)c3C(=O)N2c2ccccc2)ccc1O. The van der Waals surface area contributed by atoms with E-state index in [1.165, 1.54) is 7.11 Å². The van der Waals surface area contributed by atoms with E-state index in [2.05, 4.69) is 0 Å². The number of phenols is 1. The molecule has 1 aromatic heterocycles. The Morgan fingerprint density at radius 1 is 0.968 bits per heavy atom. The summed E-state index contributed by atoms with van der Waals surface area (Å²) in [4.78, 5) is 15.4. The molecule has 3 aromatic carbocycles. The molecule has 1 aliphatic heterocycles. The van der Waals surface area contributed by atoms with Gasteiger partial charge in [-0.1, -0.05) is 54.6 Å². The number of para-hydroxylation sites is 1. The quantitative estimate of drug-likeness (QED) is 0.535. The number of carbonyl (C=O) groups excluding carboxylic acids is 1. The summed E-state index contributed by atoms with van der Waals surface area (Å²) in [5, 5.41) is 14.8. The zero-order valence-corrected chi connectivity index (χ0v) is 17.2. The minimum atomic E-state index is -0.414. The molecule has 0 radical (unpaired) electrons. The number of hydrogen-bond acceptors (Lipinski definition) is 4. The molecule has 5 rings (SSSR count). The van der Waals surface area contributed by atoms with Crippen LogP contribution in [0, 0.1) is 0 Å². The molecule has 6 heteroatoms. The van der Waals surface area contributed by atoms with Crippen molar-refractivity contribution in [3.8, 4) is 22.8 Å². The first kappa shape index (κ1) is 18.9. The number of ether oxygens (including phenoxy) is 1. The van der Waals surface area contributed by atoms with Gasteiger partial charge in [0.15, 0.2) is 11.5 Å². The first-order chi connectivity index (χ1) is 15.1. The van der Waals surface area contributed by atoms with E-state index in [9.17, 15) is 9.90 Å². The number of aromatic nitrogens is 2. The fourth-order valence-corrected chi connectivity index (χ4v) is 4.26. The molecule has 2 heterocycles. The second kappa shape index (κ2) is 7.32. The van der Waals surface area contributed by atoms with Gasteiger partial charge in [0.25, 0.3) is 5.91 Å². The maximum absolute atomic E-state index is 13.7. The lowest BCUT2D eigenvalue weighted by Gasteiger charge is -2.27. The number of anilines is 1. The second-order valence-electron chi connectivity index (χ2n) is 7.45. The standard InChI is InChI=1S/C25H21N3O3/c1-27-24-21(22(26-27)16-9-5-3-6-10-16)23(17-13-14-19(29)20(15-17)31-2)28(25(24)30)18-11-7-4-8-12-18/h3-15,23,29H,1-2H3. The van der Waals surface area contributed by atoms with Gasteiger partial charge < -0.3 is 9.84 Å². The molecule has 0 fully saturated rings. The predicted octanol–water partition coefficient (Wildman–Crippen LogP) is 4.55. The normalized spacial score (nSPS) is 15.2. The van der Waals surface area contributed by atoms with E-state index >= 15 is 0 Å². The molecule has 0 bridgehead atoms.